The summed E-state index contributed by atoms with van der Waals surface area (Å²) in [5.41, 5.74) is 0. The zero-order valence-corrected chi connectivity index (χ0v) is 12.7. The van der Waals surface area contributed by atoms with Crippen LogP contribution in [0.25, 0.3) is 0 Å². The normalized spacial score (nSPS) is 25.2. The van der Waals surface area contributed by atoms with Crippen LogP contribution < -0.4 is 5.32 Å². The number of hydrogen-bond acceptors (Lipinski definition) is 3. The maximum Gasteiger partial charge on any atom is 0.232 e. The second-order valence-corrected chi connectivity index (χ2v) is 5.61. The van der Waals surface area contributed by atoms with Crippen molar-refractivity contribution in [2.24, 2.45) is 11.8 Å². The third kappa shape index (κ3) is 4.03. The first-order valence-corrected chi connectivity index (χ1v) is 7.61. The van der Waals surface area contributed by atoms with E-state index in [0.717, 1.165) is 32.2 Å². The van der Waals surface area contributed by atoms with Gasteiger partial charge in [0.25, 0.3) is 0 Å². The van der Waals surface area contributed by atoms with E-state index < -0.39 is 0 Å². The number of carbonyl (C=O) groups is 2. The van der Waals surface area contributed by atoms with Gasteiger partial charge in [0.05, 0.1) is 0 Å². The van der Waals surface area contributed by atoms with Gasteiger partial charge in [0.1, 0.15) is 0 Å². The van der Waals surface area contributed by atoms with Crippen molar-refractivity contribution in [1.82, 2.24) is 10.2 Å². The zero-order valence-electron chi connectivity index (χ0n) is 12.7. The van der Waals surface area contributed by atoms with Crippen molar-refractivity contribution < 1.29 is 9.59 Å². The van der Waals surface area contributed by atoms with Gasteiger partial charge in [0.15, 0.2) is 0 Å². The van der Waals surface area contributed by atoms with Gasteiger partial charge >= 0.3 is 0 Å². The average Bonchev–Trinajstić information content (AvgIpc) is 2.59. The van der Waals surface area contributed by atoms with Gasteiger partial charge in [0, 0.05) is 24.4 Å². The summed E-state index contributed by atoms with van der Waals surface area (Å²) in [6.45, 7) is 9.64. The van der Waals surface area contributed by atoms with Crippen molar-refractivity contribution in [1.29, 1.82) is 0 Å². The molecule has 0 aromatic carbocycles. The molecule has 1 rings (SSSR count). The Labute approximate surface area is 116 Å². The maximum absolute atomic E-state index is 11.9. The number of nitrogens with one attached hydrogen (secondary N) is 1. The minimum atomic E-state index is -0.146. The van der Waals surface area contributed by atoms with E-state index >= 15 is 0 Å². The quantitative estimate of drug-likeness (QED) is 0.686. The van der Waals surface area contributed by atoms with Crippen molar-refractivity contribution in [2.45, 2.75) is 59.4 Å². The largest absolute Gasteiger partial charge is 0.314 e. The van der Waals surface area contributed by atoms with E-state index in [0.29, 0.717) is 12.6 Å². The lowest BCUT2D eigenvalue weighted by atomic mass is 10.00. The van der Waals surface area contributed by atoms with Crippen molar-refractivity contribution in [3.05, 3.63) is 0 Å². The van der Waals surface area contributed by atoms with E-state index in [2.05, 4.69) is 19.2 Å². The van der Waals surface area contributed by atoms with Gasteiger partial charge in [-0.25, -0.2) is 0 Å². The average molecular weight is 268 g/mol. The van der Waals surface area contributed by atoms with Crippen LogP contribution in [0.15, 0.2) is 0 Å². The van der Waals surface area contributed by atoms with Crippen molar-refractivity contribution >= 4 is 11.8 Å². The fourth-order valence-corrected chi connectivity index (χ4v) is 2.54. The van der Waals surface area contributed by atoms with E-state index in [9.17, 15) is 9.59 Å². The standard InChI is InChI=1S/C15H28N2O2/c1-5-9-16-13(6-2)8-7-10-17-14(18)11(3)12(4)15(17)19/h11-13,16H,5-10H2,1-4H3. The van der Waals surface area contributed by atoms with Crippen molar-refractivity contribution in [3.63, 3.8) is 0 Å². The van der Waals surface area contributed by atoms with Crippen LogP contribution in [0.1, 0.15) is 53.4 Å². The summed E-state index contributed by atoms with van der Waals surface area (Å²) in [4.78, 5) is 25.3. The van der Waals surface area contributed by atoms with E-state index in [1.807, 2.05) is 13.8 Å². The molecular formula is C15H28N2O2. The molecule has 110 valence electrons. The van der Waals surface area contributed by atoms with Crippen LogP contribution in [-0.2, 0) is 9.59 Å². The Morgan fingerprint density at radius 3 is 2.21 bits per heavy atom. The minimum absolute atomic E-state index is 0.00654. The second-order valence-electron chi connectivity index (χ2n) is 5.61. The molecule has 0 saturated carbocycles. The highest BCUT2D eigenvalue weighted by Crippen LogP contribution is 2.25. The number of nitrogens with zero attached hydrogens (tertiary/aromatic N) is 1. The number of rotatable bonds is 8. The molecule has 0 spiro atoms. The van der Waals surface area contributed by atoms with Gasteiger partial charge in [-0.2, -0.15) is 0 Å². The lowest BCUT2D eigenvalue weighted by molar-refractivity contribution is -0.139. The van der Waals surface area contributed by atoms with E-state index in [1.54, 1.807) is 0 Å². The van der Waals surface area contributed by atoms with Crippen molar-refractivity contribution in [2.75, 3.05) is 13.1 Å². The molecule has 0 bridgehead atoms. The molecule has 1 heterocycles. The molecule has 1 aliphatic rings. The summed E-state index contributed by atoms with van der Waals surface area (Å²) in [6.07, 6.45) is 4.14. The minimum Gasteiger partial charge on any atom is -0.314 e. The van der Waals surface area contributed by atoms with Gasteiger partial charge in [-0.1, -0.05) is 27.7 Å². The maximum atomic E-state index is 11.9. The van der Waals surface area contributed by atoms with E-state index in [1.165, 1.54) is 4.90 Å². The molecule has 3 atom stereocenters. The van der Waals surface area contributed by atoms with E-state index in [-0.39, 0.29) is 23.7 Å². The van der Waals surface area contributed by atoms with E-state index in [4.69, 9.17) is 0 Å². The summed E-state index contributed by atoms with van der Waals surface area (Å²) in [7, 11) is 0. The van der Waals surface area contributed by atoms with Crippen molar-refractivity contribution in [3.8, 4) is 0 Å². The molecule has 4 nitrogen and oxygen atoms in total. The summed E-state index contributed by atoms with van der Waals surface area (Å²) in [5, 5.41) is 3.50. The fraction of sp³-hybridized carbons (Fsp3) is 0.867. The Balaban J connectivity index is 2.36. The second kappa shape index (κ2) is 7.63. The zero-order chi connectivity index (χ0) is 14.4. The highest BCUT2D eigenvalue weighted by molar-refractivity contribution is 6.04. The Kier molecular flexibility index (Phi) is 6.49. The Morgan fingerprint density at radius 1 is 1.16 bits per heavy atom. The molecule has 1 aliphatic heterocycles. The molecular weight excluding hydrogens is 240 g/mol. The summed E-state index contributed by atoms with van der Waals surface area (Å²) < 4.78 is 0. The van der Waals surface area contributed by atoms with Gasteiger partial charge < -0.3 is 5.32 Å². The fourth-order valence-electron chi connectivity index (χ4n) is 2.54. The van der Waals surface area contributed by atoms with Gasteiger partial charge in [-0.15, -0.1) is 0 Å². The molecule has 0 aromatic heterocycles. The molecule has 0 radical (unpaired) electrons. The van der Waals surface area contributed by atoms with Crippen LogP contribution in [0.4, 0.5) is 0 Å². The Bertz CT molecular complexity index is 297. The number of hydrogen-bond donors (Lipinski definition) is 1. The molecule has 19 heavy (non-hydrogen) atoms. The molecule has 3 unspecified atom stereocenters. The first kappa shape index (κ1) is 16.2. The highest BCUT2D eigenvalue weighted by Gasteiger charge is 2.41. The predicted molar refractivity (Wildman–Crippen MR) is 76.7 cm³/mol. The van der Waals surface area contributed by atoms with Crippen LogP contribution in [0, 0.1) is 11.8 Å². The third-order valence-corrected chi connectivity index (χ3v) is 4.17. The van der Waals surface area contributed by atoms with Gasteiger partial charge in [-0.05, 0) is 32.2 Å². The summed E-state index contributed by atoms with van der Waals surface area (Å²) >= 11 is 0. The number of imide groups is 1. The van der Waals surface area contributed by atoms with Crippen LogP contribution in [0.3, 0.4) is 0 Å². The number of amides is 2. The molecule has 2 amide bonds. The van der Waals surface area contributed by atoms with Crippen LogP contribution in [0.5, 0.6) is 0 Å². The molecule has 0 aliphatic carbocycles. The highest BCUT2D eigenvalue weighted by atomic mass is 16.2. The summed E-state index contributed by atoms with van der Waals surface area (Å²) in [5.74, 6) is -0.278. The monoisotopic (exact) mass is 268 g/mol. The number of likely N-dealkylation sites (tertiary alicyclic amines) is 1. The van der Waals surface area contributed by atoms with Crippen LogP contribution in [-0.4, -0.2) is 35.8 Å². The Morgan fingerprint density at radius 2 is 1.74 bits per heavy atom. The SMILES string of the molecule is CCCNC(CC)CCCN1C(=O)C(C)C(C)C1=O. The molecule has 1 fully saturated rings. The Hall–Kier alpha value is -0.900. The van der Waals surface area contributed by atoms with Gasteiger partial charge in [-0.3, -0.25) is 14.5 Å². The smallest absolute Gasteiger partial charge is 0.232 e. The van der Waals surface area contributed by atoms with Crippen LogP contribution >= 0.6 is 0 Å². The topological polar surface area (TPSA) is 49.4 Å². The third-order valence-electron chi connectivity index (χ3n) is 4.17. The molecule has 1 saturated heterocycles. The number of carbonyl (C=O) groups excluding carboxylic acids is 2. The molecule has 4 heteroatoms. The summed E-state index contributed by atoms with van der Waals surface area (Å²) in [6, 6.07) is 0.502. The molecule has 1 N–H and O–H groups in total. The first-order valence-electron chi connectivity index (χ1n) is 7.61. The molecule has 0 aromatic rings. The van der Waals surface area contributed by atoms with Crippen LogP contribution in [0.2, 0.25) is 0 Å². The predicted octanol–water partition coefficient (Wildman–Crippen LogP) is 2.19. The van der Waals surface area contributed by atoms with Gasteiger partial charge in [0.2, 0.25) is 11.8 Å². The lowest BCUT2D eigenvalue weighted by Gasteiger charge is -2.19. The lowest BCUT2D eigenvalue weighted by Crippen LogP contribution is -2.34. The first-order chi connectivity index (χ1) is 9.02.